The number of benzene rings is 1. The zero-order valence-electron chi connectivity index (χ0n) is 12.0. The molecule has 1 saturated carbocycles. The third-order valence-electron chi connectivity index (χ3n) is 3.21. The lowest BCUT2D eigenvalue weighted by atomic mass is 10.2. The van der Waals surface area contributed by atoms with Gasteiger partial charge in [0.1, 0.15) is 0 Å². The van der Waals surface area contributed by atoms with Crippen molar-refractivity contribution < 1.29 is 9.13 Å². The van der Waals surface area contributed by atoms with Gasteiger partial charge in [0, 0.05) is 18.3 Å². The van der Waals surface area contributed by atoms with Gasteiger partial charge in [-0.25, -0.2) is 14.4 Å². The number of halogens is 1. The zero-order chi connectivity index (χ0) is 15.4. The van der Waals surface area contributed by atoms with Crippen LogP contribution in [0.25, 0.3) is 0 Å². The van der Waals surface area contributed by atoms with Crippen LogP contribution in [0.5, 0.6) is 11.6 Å². The van der Waals surface area contributed by atoms with Gasteiger partial charge in [-0.05, 0) is 36.6 Å². The molecular formula is C16H17FN4O. The lowest BCUT2D eigenvalue weighted by molar-refractivity contribution is 0.427. The molecule has 5 nitrogen and oxygen atoms in total. The van der Waals surface area contributed by atoms with Crippen LogP contribution >= 0.6 is 0 Å². The molecule has 1 aliphatic carbocycles. The van der Waals surface area contributed by atoms with Crippen molar-refractivity contribution >= 4 is 5.96 Å². The molecule has 114 valence electrons. The molecule has 1 heterocycles. The first-order valence-corrected chi connectivity index (χ1v) is 7.14. The van der Waals surface area contributed by atoms with Crippen LogP contribution in [0, 0.1) is 5.82 Å². The van der Waals surface area contributed by atoms with E-state index >= 15 is 0 Å². The third-order valence-corrected chi connectivity index (χ3v) is 3.21. The topological polar surface area (TPSA) is 72.5 Å². The fourth-order valence-electron chi connectivity index (χ4n) is 1.90. The average Bonchev–Trinajstić information content (AvgIpc) is 3.32. The van der Waals surface area contributed by atoms with Crippen LogP contribution in [0.2, 0.25) is 0 Å². The second-order valence-electron chi connectivity index (χ2n) is 5.15. The number of nitrogens with two attached hydrogens (primary N) is 1. The summed E-state index contributed by atoms with van der Waals surface area (Å²) in [5.41, 5.74) is 6.68. The standard InChI is InChI=1S/C16H17FN4O/c17-13-3-1-2-4-14(13)22-15-9-11(7-8-19-15)10-20-16(18)21-12-5-6-12/h1-4,7-9,12H,5-6,10H2,(H3,18,20,21). The number of hydrogen-bond acceptors (Lipinski definition) is 3. The van der Waals surface area contributed by atoms with Crippen LogP contribution in [0.3, 0.4) is 0 Å². The molecule has 3 N–H and O–H groups in total. The van der Waals surface area contributed by atoms with E-state index in [2.05, 4.69) is 15.3 Å². The molecule has 1 fully saturated rings. The largest absolute Gasteiger partial charge is 0.436 e. The van der Waals surface area contributed by atoms with Gasteiger partial charge < -0.3 is 15.8 Å². The summed E-state index contributed by atoms with van der Waals surface area (Å²) in [7, 11) is 0. The van der Waals surface area contributed by atoms with Gasteiger partial charge in [0.05, 0.1) is 6.54 Å². The first-order chi connectivity index (χ1) is 10.7. The first-order valence-electron chi connectivity index (χ1n) is 7.14. The molecule has 1 aromatic carbocycles. The maximum atomic E-state index is 13.6. The molecular weight excluding hydrogens is 283 g/mol. The van der Waals surface area contributed by atoms with E-state index in [1.165, 1.54) is 6.07 Å². The molecule has 3 rings (SSSR count). The fourth-order valence-corrected chi connectivity index (χ4v) is 1.90. The summed E-state index contributed by atoms with van der Waals surface area (Å²) >= 11 is 0. The molecule has 0 unspecified atom stereocenters. The lowest BCUT2D eigenvalue weighted by Crippen LogP contribution is -2.33. The molecule has 1 aromatic heterocycles. The van der Waals surface area contributed by atoms with Gasteiger partial charge >= 0.3 is 0 Å². The summed E-state index contributed by atoms with van der Waals surface area (Å²) in [6, 6.07) is 10.2. The Balaban J connectivity index is 1.65. The molecule has 22 heavy (non-hydrogen) atoms. The highest BCUT2D eigenvalue weighted by Crippen LogP contribution is 2.23. The molecule has 2 aromatic rings. The number of ether oxygens (including phenoxy) is 1. The van der Waals surface area contributed by atoms with E-state index < -0.39 is 5.82 Å². The Hall–Kier alpha value is -2.63. The summed E-state index contributed by atoms with van der Waals surface area (Å²) < 4.78 is 19.0. The van der Waals surface area contributed by atoms with Crippen LogP contribution in [-0.2, 0) is 6.54 Å². The Kier molecular flexibility index (Phi) is 4.18. The number of nitrogens with zero attached hydrogens (tertiary/aromatic N) is 2. The Morgan fingerprint density at radius 1 is 1.36 bits per heavy atom. The molecule has 0 bridgehead atoms. The van der Waals surface area contributed by atoms with Crippen LogP contribution in [0.1, 0.15) is 18.4 Å². The van der Waals surface area contributed by atoms with Crippen LogP contribution in [0.4, 0.5) is 4.39 Å². The van der Waals surface area contributed by atoms with Crippen molar-refractivity contribution in [3.05, 3.63) is 54.0 Å². The predicted octanol–water partition coefficient (Wildman–Crippen LogP) is 2.58. The van der Waals surface area contributed by atoms with Crippen molar-refractivity contribution in [3.8, 4) is 11.6 Å². The highest BCUT2D eigenvalue weighted by molar-refractivity contribution is 5.78. The molecule has 6 heteroatoms. The van der Waals surface area contributed by atoms with Crippen LogP contribution in [0.15, 0.2) is 47.6 Å². The molecule has 0 amide bonds. The van der Waals surface area contributed by atoms with E-state index in [4.69, 9.17) is 10.5 Å². The minimum Gasteiger partial charge on any atom is -0.436 e. The SMILES string of the molecule is NC(=NCc1ccnc(Oc2ccccc2F)c1)NC1CC1. The lowest BCUT2D eigenvalue weighted by Gasteiger charge is -2.07. The van der Waals surface area contributed by atoms with Crippen molar-refractivity contribution in [1.82, 2.24) is 10.3 Å². The number of rotatable bonds is 5. The second kappa shape index (κ2) is 6.43. The molecule has 0 aliphatic heterocycles. The van der Waals surface area contributed by atoms with E-state index in [0.717, 1.165) is 18.4 Å². The molecule has 0 atom stereocenters. The van der Waals surface area contributed by atoms with E-state index in [-0.39, 0.29) is 5.75 Å². The average molecular weight is 300 g/mol. The highest BCUT2D eigenvalue weighted by atomic mass is 19.1. The van der Waals surface area contributed by atoms with Crippen molar-refractivity contribution in [2.24, 2.45) is 10.7 Å². The normalized spacial score (nSPS) is 14.7. The minimum atomic E-state index is -0.425. The molecule has 0 spiro atoms. The Labute approximate surface area is 128 Å². The second-order valence-corrected chi connectivity index (χ2v) is 5.15. The third kappa shape index (κ3) is 3.94. The maximum Gasteiger partial charge on any atom is 0.219 e. The zero-order valence-corrected chi connectivity index (χ0v) is 12.0. The van der Waals surface area contributed by atoms with Crippen LogP contribution in [-0.4, -0.2) is 17.0 Å². The van der Waals surface area contributed by atoms with E-state index in [1.807, 2.05) is 6.07 Å². The molecule has 0 saturated heterocycles. The summed E-state index contributed by atoms with van der Waals surface area (Å²) in [5.74, 6) is 0.485. The van der Waals surface area contributed by atoms with Crippen molar-refractivity contribution in [2.75, 3.05) is 0 Å². The number of para-hydroxylation sites is 1. The number of hydrogen-bond donors (Lipinski definition) is 2. The van der Waals surface area contributed by atoms with Crippen LogP contribution < -0.4 is 15.8 Å². The smallest absolute Gasteiger partial charge is 0.219 e. The van der Waals surface area contributed by atoms with E-state index in [9.17, 15) is 4.39 Å². The van der Waals surface area contributed by atoms with Crippen molar-refractivity contribution in [2.45, 2.75) is 25.4 Å². The first kappa shape index (κ1) is 14.3. The number of aromatic nitrogens is 1. The summed E-state index contributed by atoms with van der Waals surface area (Å²) in [5, 5.41) is 3.12. The Morgan fingerprint density at radius 2 is 2.18 bits per heavy atom. The molecule has 1 aliphatic rings. The van der Waals surface area contributed by atoms with Gasteiger partial charge in [-0.2, -0.15) is 0 Å². The monoisotopic (exact) mass is 300 g/mol. The van der Waals surface area contributed by atoms with E-state index in [1.54, 1.807) is 30.5 Å². The Morgan fingerprint density at radius 3 is 2.95 bits per heavy atom. The van der Waals surface area contributed by atoms with Gasteiger partial charge in [0.15, 0.2) is 17.5 Å². The summed E-state index contributed by atoms with van der Waals surface area (Å²) in [6.45, 7) is 0.418. The van der Waals surface area contributed by atoms with Gasteiger partial charge in [0.2, 0.25) is 5.88 Å². The van der Waals surface area contributed by atoms with Crippen molar-refractivity contribution in [1.29, 1.82) is 0 Å². The van der Waals surface area contributed by atoms with Crippen molar-refractivity contribution in [3.63, 3.8) is 0 Å². The predicted molar refractivity (Wildman–Crippen MR) is 82.2 cm³/mol. The number of pyridine rings is 1. The number of guanidine groups is 1. The number of nitrogens with one attached hydrogen (secondary N) is 1. The van der Waals surface area contributed by atoms with Gasteiger partial charge in [-0.1, -0.05) is 12.1 Å². The Bertz CT molecular complexity index is 685. The summed E-state index contributed by atoms with van der Waals surface area (Å²) in [4.78, 5) is 8.34. The van der Waals surface area contributed by atoms with Gasteiger partial charge in [-0.15, -0.1) is 0 Å². The summed E-state index contributed by atoms with van der Waals surface area (Å²) in [6.07, 6.45) is 3.89. The maximum absolute atomic E-state index is 13.6. The molecule has 0 radical (unpaired) electrons. The van der Waals surface area contributed by atoms with Gasteiger partial charge in [-0.3, -0.25) is 0 Å². The number of aliphatic imine (C=N–C) groups is 1. The highest BCUT2D eigenvalue weighted by Gasteiger charge is 2.21. The van der Waals surface area contributed by atoms with E-state index in [0.29, 0.717) is 24.4 Å². The quantitative estimate of drug-likeness (QED) is 0.657. The fraction of sp³-hybridized carbons (Fsp3) is 0.250. The van der Waals surface area contributed by atoms with Gasteiger partial charge in [0.25, 0.3) is 0 Å². The minimum absolute atomic E-state index is 0.144.